The molecule has 0 aliphatic heterocycles. The van der Waals surface area contributed by atoms with Gasteiger partial charge >= 0.3 is 0 Å². The molecule has 1 aliphatic rings. The molecule has 1 heterocycles. The number of pyridine rings is 1. The van der Waals surface area contributed by atoms with Crippen molar-refractivity contribution in [1.29, 1.82) is 0 Å². The van der Waals surface area contributed by atoms with Gasteiger partial charge in [0.2, 0.25) is 0 Å². The second-order valence-electron chi connectivity index (χ2n) is 5.18. The van der Waals surface area contributed by atoms with Crippen molar-refractivity contribution in [3.63, 3.8) is 0 Å². The third kappa shape index (κ3) is 3.21. The quantitative estimate of drug-likeness (QED) is 0.784. The highest BCUT2D eigenvalue weighted by Gasteiger charge is 2.22. The first-order valence-electron chi connectivity index (χ1n) is 6.44. The summed E-state index contributed by atoms with van der Waals surface area (Å²) < 4.78 is 0. The highest BCUT2D eigenvalue weighted by Crippen LogP contribution is 2.28. The normalized spacial score (nSPS) is 24.6. The summed E-state index contributed by atoms with van der Waals surface area (Å²) in [5.74, 6) is 2.01. The maximum absolute atomic E-state index is 4.54. The lowest BCUT2D eigenvalue weighted by Crippen LogP contribution is -2.35. The number of aromatic nitrogens is 1. The number of rotatable bonds is 3. The first kappa shape index (κ1) is 12.9. The topological polar surface area (TPSA) is 16.1 Å². The monoisotopic (exact) mass is 296 g/mol. The average Bonchev–Trinajstić information content (AvgIpc) is 2.39. The Labute approximate surface area is 113 Å². The molecule has 0 amide bonds. The lowest BCUT2D eigenvalue weighted by molar-refractivity contribution is 0.340. The highest BCUT2D eigenvalue weighted by molar-refractivity contribution is 9.08. The zero-order chi connectivity index (χ0) is 12.3. The van der Waals surface area contributed by atoms with E-state index in [0.29, 0.717) is 6.04 Å². The van der Waals surface area contributed by atoms with Crippen molar-refractivity contribution in [2.75, 3.05) is 11.9 Å². The molecule has 2 nitrogen and oxygen atoms in total. The van der Waals surface area contributed by atoms with E-state index in [-0.39, 0.29) is 0 Å². The van der Waals surface area contributed by atoms with Crippen LogP contribution in [0.25, 0.3) is 0 Å². The van der Waals surface area contributed by atoms with Crippen LogP contribution in [-0.4, -0.2) is 18.1 Å². The van der Waals surface area contributed by atoms with Gasteiger partial charge in [-0.25, -0.2) is 4.98 Å². The minimum Gasteiger partial charge on any atom is -0.357 e. The molecule has 94 valence electrons. The fourth-order valence-electron chi connectivity index (χ4n) is 2.52. The van der Waals surface area contributed by atoms with Crippen molar-refractivity contribution in [2.45, 2.75) is 44.0 Å². The summed E-state index contributed by atoms with van der Waals surface area (Å²) in [7, 11) is 2.18. The van der Waals surface area contributed by atoms with E-state index < -0.39 is 0 Å². The molecule has 1 saturated carbocycles. The van der Waals surface area contributed by atoms with Gasteiger partial charge in [-0.2, -0.15) is 0 Å². The van der Waals surface area contributed by atoms with Crippen LogP contribution in [-0.2, 0) is 5.33 Å². The maximum Gasteiger partial charge on any atom is 0.128 e. The van der Waals surface area contributed by atoms with Crippen LogP contribution in [0.3, 0.4) is 0 Å². The fraction of sp³-hybridized carbons (Fsp3) is 0.643. The number of hydrogen-bond donors (Lipinski definition) is 0. The molecule has 1 aromatic heterocycles. The van der Waals surface area contributed by atoms with E-state index in [1.54, 1.807) is 0 Å². The molecular weight excluding hydrogens is 276 g/mol. The third-order valence-corrected chi connectivity index (χ3v) is 4.51. The van der Waals surface area contributed by atoms with Crippen LogP contribution in [0.1, 0.15) is 38.2 Å². The van der Waals surface area contributed by atoms with Gasteiger partial charge in [-0.15, -0.1) is 0 Å². The summed E-state index contributed by atoms with van der Waals surface area (Å²) >= 11 is 3.45. The van der Waals surface area contributed by atoms with Crippen LogP contribution < -0.4 is 4.90 Å². The number of anilines is 1. The van der Waals surface area contributed by atoms with E-state index in [1.165, 1.54) is 31.2 Å². The molecule has 0 N–H and O–H groups in total. The molecule has 1 aliphatic carbocycles. The highest BCUT2D eigenvalue weighted by atomic mass is 79.9. The lowest BCUT2D eigenvalue weighted by Gasteiger charge is -2.34. The number of hydrogen-bond acceptors (Lipinski definition) is 2. The largest absolute Gasteiger partial charge is 0.357 e. The van der Waals surface area contributed by atoms with Crippen LogP contribution in [0, 0.1) is 5.92 Å². The molecule has 2 rings (SSSR count). The van der Waals surface area contributed by atoms with Crippen molar-refractivity contribution < 1.29 is 0 Å². The van der Waals surface area contributed by atoms with Crippen LogP contribution in [0.2, 0.25) is 0 Å². The number of halogens is 1. The zero-order valence-corrected chi connectivity index (χ0v) is 12.3. The second-order valence-corrected chi connectivity index (χ2v) is 5.74. The Morgan fingerprint density at radius 1 is 1.29 bits per heavy atom. The lowest BCUT2D eigenvalue weighted by atomic mass is 9.87. The van der Waals surface area contributed by atoms with Crippen LogP contribution >= 0.6 is 15.9 Å². The van der Waals surface area contributed by atoms with Crippen molar-refractivity contribution in [2.24, 2.45) is 5.92 Å². The van der Waals surface area contributed by atoms with Gasteiger partial charge in [0.1, 0.15) is 5.82 Å². The number of nitrogens with zero attached hydrogens (tertiary/aromatic N) is 2. The van der Waals surface area contributed by atoms with Crippen molar-refractivity contribution in [3.05, 3.63) is 23.9 Å². The van der Waals surface area contributed by atoms with Gasteiger partial charge in [-0.1, -0.05) is 28.9 Å². The van der Waals surface area contributed by atoms with Gasteiger partial charge in [-0.05, 0) is 43.2 Å². The minimum absolute atomic E-state index is 0.675. The first-order valence-corrected chi connectivity index (χ1v) is 7.56. The number of alkyl halides is 1. The van der Waals surface area contributed by atoms with Crippen LogP contribution in [0.4, 0.5) is 5.82 Å². The Morgan fingerprint density at radius 2 is 2.00 bits per heavy atom. The van der Waals surface area contributed by atoms with E-state index in [4.69, 9.17) is 0 Å². The average molecular weight is 297 g/mol. The van der Waals surface area contributed by atoms with E-state index in [1.807, 2.05) is 6.20 Å². The molecule has 1 aromatic rings. The third-order valence-electron chi connectivity index (χ3n) is 3.86. The summed E-state index contributed by atoms with van der Waals surface area (Å²) in [5, 5.41) is 0.880. The maximum atomic E-state index is 4.54. The molecule has 0 aromatic carbocycles. The van der Waals surface area contributed by atoms with Gasteiger partial charge in [0, 0.05) is 24.6 Å². The Morgan fingerprint density at radius 3 is 2.53 bits per heavy atom. The molecule has 17 heavy (non-hydrogen) atoms. The SMILES string of the molecule is CC1CCC(N(C)c2ccc(CBr)cn2)CC1. The molecular formula is C14H21BrN2. The fourth-order valence-corrected chi connectivity index (χ4v) is 2.85. The Balaban J connectivity index is 2.00. The van der Waals surface area contributed by atoms with Crippen LogP contribution in [0.15, 0.2) is 18.3 Å². The summed E-state index contributed by atoms with van der Waals surface area (Å²) in [6, 6.07) is 4.96. The standard InChI is InChI=1S/C14H21BrN2/c1-11-3-6-13(7-4-11)17(2)14-8-5-12(9-15)10-16-14/h5,8,10-11,13H,3-4,6-7,9H2,1-2H3. The molecule has 0 bridgehead atoms. The van der Waals surface area contributed by atoms with Gasteiger partial charge < -0.3 is 4.90 Å². The van der Waals surface area contributed by atoms with E-state index in [0.717, 1.165) is 17.1 Å². The smallest absolute Gasteiger partial charge is 0.128 e. The summed E-state index contributed by atoms with van der Waals surface area (Å²) in [5.41, 5.74) is 1.24. The van der Waals surface area contributed by atoms with Gasteiger partial charge in [0.05, 0.1) is 0 Å². The van der Waals surface area contributed by atoms with E-state index in [2.05, 4.69) is 51.9 Å². The van der Waals surface area contributed by atoms with Crippen molar-refractivity contribution in [1.82, 2.24) is 4.98 Å². The van der Waals surface area contributed by atoms with Gasteiger partial charge in [0.15, 0.2) is 0 Å². The summed E-state index contributed by atoms with van der Waals surface area (Å²) in [4.78, 5) is 6.89. The predicted molar refractivity (Wildman–Crippen MR) is 76.7 cm³/mol. The van der Waals surface area contributed by atoms with E-state index in [9.17, 15) is 0 Å². The second kappa shape index (κ2) is 5.85. The Bertz CT molecular complexity index is 342. The van der Waals surface area contributed by atoms with Gasteiger partial charge in [-0.3, -0.25) is 0 Å². The summed E-state index contributed by atoms with van der Waals surface area (Å²) in [6.45, 7) is 2.36. The molecule has 0 radical (unpaired) electrons. The molecule has 0 atom stereocenters. The molecule has 1 fully saturated rings. The van der Waals surface area contributed by atoms with Crippen LogP contribution in [0.5, 0.6) is 0 Å². The Hall–Kier alpha value is -0.570. The molecule has 0 unspecified atom stereocenters. The zero-order valence-electron chi connectivity index (χ0n) is 10.7. The van der Waals surface area contributed by atoms with Crippen molar-refractivity contribution in [3.8, 4) is 0 Å². The molecule has 0 saturated heterocycles. The van der Waals surface area contributed by atoms with Gasteiger partial charge in [0.25, 0.3) is 0 Å². The summed E-state index contributed by atoms with van der Waals surface area (Å²) in [6.07, 6.45) is 7.29. The Kier molecular flexibility index (Phi) is 4.43. The van der Waals surface area contributed by atoms with E-state index >= 15 is 0 Å². The first-order chi connectivity index (χ1) is 8.20. The minimum atomic E-state index is 0.675. The van der Waals surface area contributed by atoms with Crippen molar-refractivity contribution >= 4 is 21.7 Å². The molecule has 0 spiro atoms. The predicted octanol–water partition coefficient (Wildman–Crippen LogP) is 3.99. The molecule has 3 heteroatoms.